The van der Waals surface area contributed by atoms with E-state index < -0.39 is 0 Å². The maximum atomic E-state index is 5.47. The number of rotatable bonds is 8. The van der Waals surface area contributed by atoms with Crippen LogP contribution in [0.5, 0.6) is 0 Å². The van der Waals surface area contributed by atoms with Crippen molar-refractivity contribution in [3.05, 3.63) is 5.89 Å². The Hall–Kier alpha value is -1.10. The summed E-state index contributed by atoms with van der Waals surface area (Å²) in [6, 6.07) is 0.613. The summed E-state index contributed by atoms with van der Waals surface area (Å²) >= 11 is 0. The molecule has 0 bridgehead atoms. The Balaban J connectivity index is 1.95. The topological polar surface area (TPSA) is 54.2 Å². The van der Waals surface area contributed by atoms with Gasteiger partial charge < -0.3 is 14.7 Å². The van der Waals surface area contributed by atoms with Gasteiger partial charge in [-0.15, -0.1) is 0 Å². The molecule has 120 valence electrons. The molecule has 2 unspecified atom stereocenters. The van der Waals surface area contributed by atoms with Gasteiger partial charge in [0.1, 0.15) is 0 Å². The molecule has 1 aliphatic carbocycles. The van der Waals surface area contributed by atoms with Gasteiger partial charge in [0.05, 0.1) is 0 Å². The number of aromatic nitrogens is 2. The SMILES string of the molecule is CCCNC1CCCCC1Cc1nc(N(CC)CC)no1. The van der Waals surface area contributed by atoms with Gasteiger partial charge in [0.25, 0.3) is 5.95 Å². The number of hydrogen-bond acceptors (Lipinski definition) is 5. The maximum Gasteiger partial charge on any atom is 0.266 e. The van der Waals surface area contributed by atoms with Gasteiger partial charge in [0.2, 0.25) is 5.89 Å². The van der Waals surface area contributed by atoms with Crippen molar-refractivity contribution in [2.24, 2.45) is 5.92 Å². The zero-order valence-electron chi connectivity index (χ0n) is 13.8. The maximum absolute atomic E-state index is 5.47. The molecule has 5 heteroatoms. The second kappa shape index (κ2) is 8.37. The lowest BCUT2D eigenvalue weighted by Gasteiger charge is -2.31. The Morgan fingerprint density at radius 1 is 1.19 bits per heavy atom. The van der Waals surface area contributed by atoms with Gasteiger partial charge in [0.15, 0.2) is 0 Å². The highest BCUT2D eigenvalue weighted by atomic mass is 16.5. The molecule has 1 N–H and O–H groups in total. The van der Waals surface area contributed by atoms with E-state index in [4.69, 9.17) is 4.52 Å². The van der Waals surface area contributed by atoms with Gasteiger partial charge in [-0.2, -0.15) is 4.98 Å². The van der Waals surface area contributed by atoms with Crippen molar-refractivity contribution in [3.63, 3.8) is 0 Å². The van der Waals surface area contributed by atoms with Crippen molar-refractivity contribution in [1.82, 2.24) is 15.5 Å². The smallest absolute Gasteiger partial charge is 0.266 e. The van der Waals surface area contributed by atoms with Gasteiger partial charge in [-0.05, 0) is 50.7 Å². The number of nitrogens with zero attached hydrogens (tertiary/aromatic N) is 3. The number of nitrogens with one attached hydrogen (secondary N) is 1. The van der Waals surface area contributed by atoms with Crippen LogP contribution in [0.1, 0.15) is 58.8 Å². The predicted molar refractivity (Wildman–Crippen MR) is 85.6 cm³/mol. The number of anilines is 1. The van der Waals surface area contributed by atoms with E-state index >= 15 is 0 Å². The summed E-state index contributed by atoms with van der Waals surface area (Å²) in [5.74, 6) is 2.17. The first kappa shape index (κ1) is 16.3. The first-order valence-corrected chi connectivity index (χ1v) is 8.59. The Morgan fingerprint density at radius 2 is 1.95 bits per heavy atom. The second-order valence-electron chi connectivity index (χ2n) is 5.97. The van der Waals surface area contributed by atoms with Crippen LogP contribution in [-0.4, -0.2) is 35.8 Å². The molecule has 1 saturated carbocycles. The van der Waals surface area contributed by atoms with Crippen LogP contribution in [0, 0.1) is 5.92 Å². The Kier molecular flexibility index (Phi) is 6.49. The Morgan fingerprint density at radius 3 is 2.67 bits per heavy atom. The minimum Gasteiger partial charge on any atom is -0.339 e. The molecule has 2 atom stereocenters. The van der Waals surface area contributed by atoms with Gasteiger partial charge in [-0.3, -0.25) is 0 Å². The monoisotopic (exact) mass is 294 g/mol. The molecule has 2 rings (SSSR count). The van der Waals surface area contributed by atoms with Crippen LogP contribution in [-0.2, 0) is 6.42 Å². The molecule has 1 heterocycles. The third-order valence-corrected chi connectivity index (χ3v) is 4.51. The Labute approximate surface area is 128 Å². The van der Waals surface area contributed by atoms with Crippen molar-refractivity contribution in [2.75, 3.05) is 24.5 Å². The van der Waals surface area contributed by atoms with Crippen LogP contribution in [0.4, 0.5) is 5.95 Å². The van der Waals surface area contributed by atoms with Crippen molar-refractivity contribution in [1.29, 1.82) is 0 Å². The van der Waals surface area contributed by atoms with Crippen molar-refractivity contribution in [2.45, 2.75) is 65.3 Å². The molecule has 1 aliphatic rings. The summed E-state index contributed by atoms with van der Waals surface area (Å²) in [6.45, 7) is 9.39. The molecule has 21 heavy (non-hydrogen) atoms. The summed E-state index contributed by atoms with van der Waals surface area (Å²) in [7, 11) is 0. The van der Waals surface area contributed by atoms with Crippen LogP contribution in [0.15, 0.2) is 4.52 Å². The molecule has 0 amide bonds. The zero-order chi connectivity index (χ0) is 15.1. The highest BCUT2D eigenvalue weighted by Gasteiger charge is 2.26. The van der Waals surface area contributed by atoms with Crippen molar-refractivity contribution in [3.8, 4) is 0 Å². The predicted octanol–water partition coefficient (Wildman–Crippen LogP) is 3.02. The molecule has 0 aliphatic heterocycles. The summed E-state index contributed by atoms with van der Waals surface area (Å²) in [5.41, 5.74) is 0. The molecule has 1 aromatic rings. The molecule has 0 spiro atoms. The molecule has 1 fully saturated rings. The van der Waals surface area contributed by atoms with Crippen LogP contribution < -0.4 is 10.2 Å². The normalized spacial score (nSPS) is 22.4. The summed E-state index contributed by atoms with van der Waals surface area (Å²) in [6.07, 6.45) is 7.32. The van der Waals surface area contributed by atoms with Crippen LogP contribution in [0.2, 0.25) is 0 Å². The minimum atomic E-state index is 0.613. The zero-order valence-corrected chi connectivity index (χ0v) is 13.8. The molecular weight excluding hydrogens is 264 g/mol. The van der Waals surface area contributed by atoms with E-state index in [-0.39, 0.29) is 0 Å². The first-order valence-electron chi connectivity index (χ1n) is 8.59. The minimum absolute atomic E-state index is 0.613. The lowest BCUT2D eigenvalue weighted by Crippen LogP contribution is -2.39. The summed E-state index contributed by atoms with van der Waals surface area (Å²) in [4.78, 5) is 6.71. The van der Waals surface area contributed by atoms with E-state index in [1.54, 1.807) is 0 Å². The Bertz CT molecular complexity index is 403. The van der Waals surface area contributed by atoms with E-state index in [1.807, 2.05) is 0 Å². The third-order valence-electron chi connectivity index (χ3n) is 4.51. The van der Waals surface area contributed by atoms with Crippen molar-refractivity contribution < 1.29 is 4.52 Å². The molecule has 5 nitrogen and oxygen atoms in total. The van der Waals surface area contributed by atoms with E-state index in [9.17, 15) is 0 Å². The summed E-state index contributed by atoms with van der Waals surface area (Å²) in [5, 5.41) is 7.82. The first-order chi connectivity index (χ1) is 10.3. The van der Waals surface area contributed by atoms with E-state index in [2.05, 4.69) is 41.1 Å². The average Bonchev–Trinajstić information content (AvgIpc) is 2.96. The second-order valence-corrected chi connectivity index (χ2v) is 5.97. The van der Waals surface area contributed by atoms with Crippen LogP contribution >= 0.6 is 0 Å². The molecule has 0 saturated heterocycles. The van der Waals surface area contributed by atoms with Gasteiger partial charge in [0, 0.05) is 25.6 Å². The van der Waals surface area contributed by atoms with Gasteiger partial charge >= 0.3 is 0 Å². The van der Waals surface area contributed by atoms with E-state index in [0.717, 1.165) is 37.9 Å². The molecule has 0 radical (unpaired) electrons. The third kappa shape index (κ3) is 4.43. The highest BCUT2D eigenvalue weighted by Crippen LogP contribution is 2.27. The lowest BCUT2D eigenvalue weighted by molar-refractivity contribution is 0.240. The van der Waals surface area contributed by atoms with E-state index in [0.29, 0.717) is 12.0 Å². The van der Waals surface area contributed by atoms with Crippen LogP contribution in [0.25, 0.3) is 0 Å². The quantitative estimate of drug-likeness (QED) is 0.798. The molecular formula is C16H30N4O. The molecule has 1 aromatic heterocycles. The number of hydrogen-bond donors (Lipinski definition) is 1. The fraction of sp³-hybridized carbons (Fsp3) is 0.875. The fourth-order valence-electron chi connectivity index (χ4n) is 3.24. The van der Waals surface area contributed by atoms with Crippen molar-refractivity contribution >= 4 is 5.95 Å². The van der Waals surface area contributed by atoms with E-state index in [1.165, 1.54) is 32.1 Å². The summed E-state index contributed by atoms with van der Waals surface area (Å²) < 4.78 is 5.47. The van der Waals surface area contributed by atoms with Gasteiger partial charge in [-0.25, -0.2) is 0 Å². The van der Waals surface area contributed by atoms with Gasteiger partial charge in [-0.1, -0.05) is 19.8 Å². The average molecular weight is 294 g/mol. The largest absolute Gasteiger partial charge is 0.339 e. The van der Waals surface area contributed by atoms with Crippen LogP contribution in [0.3, 0.4) is 0 Å². The standard InChI is InChI=1S/C16H30N4O/c1-4-11-17-14-10-8-7-9-13(14)12-15-18-16(19-21-15)20(5-2)6-3/h13-14,17H,4-12H2,1-3H3. The highest BCUT2D eigenvalue weighted by molar-refractivity contribution is 5.26. The fourth-order valence-corrected chi connectivity index (χ4v) is 3.24. The lowest BCUT2D eigenvalue weighted by atomic mass is 9.82. The molecule has 0 aromatic carbocycles.